The number of nitrogens with zero attached hydrogens (tertiary/aromatic N) is 2. The Hall–Kier alpha value is -3.11. The minimum atomic E-state index is -0.223. The lowest BCUT2D eigenvalue weighted by Gasteiger charge is -2.46. The number of fused-ring (bicyclic) bond motifs is 3. The summed E-state index contributed by atoms with van der Waals surface area (Å²) in [6.07, 6.45) is 20.5. The van der Waals surface area contributed by atoms with E-state index >= 15 is 0 Å². The third-order valence-electron chi connectivity index (χ3n) is 10.9. The monoisotopic (exact) mass is 676 g/mol. The second-order valence-electron chi connectivity index (χ2n) is 13.9. The van der Waals surface area contributed by atoms with Crippen LogP contribution in [0.4, 0.5) is 5.82 Å². The zero-order valence-electron chi connectivity index (χ0n) is 27.6. The van der Waals surface area contributed by atoms with Crippen LogP contribution in [0.15, 0.2) is 42.9 Å². The smallest absolute Gasteiger partial charge is 0.163 e. The minimum Gasteiger partial charge on any atom is -0.504 e. The largest absolute Gasteiger partial charge is 0.504 e. The molecule has 4 aliphatic rings. The highest BCUT2D eigenvalue weighted by Crippen LogP contribution is 2.63. The van der Waals surface area contributed by atoms with E-state index in [2.05, 4.69) is 35.6 Å². The van der Waals surface area contributed by atoms with Gasteiger partial charge >= 0.3 is 0 Å². The number of hydrogen-bond donors (Lipinski definition) is 3. The molecule has 2 aliphatic heterocycles. The first-order valence-electron chi connectivity index (χ1n) is 17.1. The van der Waals surface area contributed by atoms with Gasteiger partial charge in [-0.1, -0.05) is 53.9 Å². The Morgan fingerprint density at radius 1 is 1.13 bits per heavy atom. The molecule has 2 fully saturated rings. The first kappa shape index (κ1) is 33.8. The summed E-state index contributed by atoms with van der Waals surface area (Å²) in [6, 6.07) is 5.66. The number of phenols is 1. The molecule has 2 bridgehead atoms. The van der Waals surface area contributed by atoms with E-state index in [1.807, 2.05) is 27.8 Å². The molecule has 3 atom stereocenters. The molecule has 10 heteroatoms. The lowest BCUT2D eigenvalue weighted by Crippen LogP contribution is -2.49. The summed E-state index contributed by atoms with van der Waals surface area (Å²) in [5, 5.41) is 14.3. The van der Waals surface area contributed by atoms with Gasteiger partial charge in [-0.3, -0.25) is 9.59 Å². The van der Waals surface area contributed by atoms with E-state index in [0.717, 1.165) is 60.4 Å². The van der Waals surface area contributed by atoms with Crippen molar-refractivity contribution in [2.75, 3.05) is 25.3 Å². The van der Waals surface area contributed by atoms with Crippen molar-refractivity contribution >= 4 is 45.0 Å². The summed E-state index contributed by atoms with van der Waals surface area (Å²) < 4.78 is 5.40. The number of nitrogens with two attached hydrogens (primary N) is 1. The summed E-state index contributed by atoms with van der Waals surface area (Å²) in [5.41, 5.74) is 10.7. The van der Waals surface area contributed by atoms with Crippen LogP contribution in [0.25, 0.3) is 6.08 Å². The van der Waals surface area contributed by atoms with E-state index in [9.17, 15) is 14.7 Å². The molecule has 6 rings (SSSR count). The zero-order chi connectivity index (χ0) is 33.0. The maximum absolute atomic E-state index is 12.9. The lowest BCUT2D eigenvalue weighted by molar-refractivity contribution is -0.124. The Kier molecular flexibility index (Phi) is 10.5. The molecule has 1 spiro atoms. The fraction of sp³-hybridized carbons (Fsp3) is 0.541. The van der Waals surface area contributed by atoms with Crippen molar-refractivity contribution < 1.29 is 19.4 Å². The number of rotatable bonds is 4. The van der Waals surface area contributed by atoms with Crippen molar-refractivity contribution in [3.05, 3.63) is 65.1 Å². The van der Waals surface area contributed by atoms with Crippen LogP contribution in [0.5, 0.6) is 11.5 Å². The molecular weight excluding hydrogens is 629 g/mol. The van der Waals surface area contributed by atoms with Crippen molar-refractivity contribution in [2.24, 2.45) is 11.3 Å². The van der Waals surface area contributed by atoms with Crippen molar-refractivity contribution in [1.29, 1.82) is 0 Å². The Balaban J connectivity index is 1.44. The van der Waals surface area contributed by atoms with Crippen LogP contribution in [0.2, 0.25) is 0 Å². The molecule has 3 unspecified atom stereocenters. The number of aromatic hydroxyl groups is 1. The number of methoxy groups -OCH3 is 1. The van der Waals surface area contributed by atoms with Gasteiger partial charge < -0.3 is 25.8 Å². The van der Waals surface area contributed by atoms with Crippen LogP contribution in [0, 0.1) is 11.3 Å². The van der Waals surface area contributed by atoms with Crippen LogP contribution < -0.4 is 15.8 Å². The fourth-order valence-electron chi connectivity index (χ4n) is 8.22. The lowest BCUT2D eigenvalue weighted by atomic mass is 9.79. The van der Waals surface area contributed by atoms with E-state index in [1.165, 1.54) is 45.3 Å². The summed E-state index contributed by atoms with van der Waals surface area (Å²) in [7, 11) is 5.32. The molecule has 0 radical (unpaired) electrons. The molecular formula is C37H48N4O4S2. The molecule has 252 valence electrons. The molecule has 2 saturated carbocycles. The quantitative estimate of drug-likeness (QED) is 0.221. The molecule has 1 aromatic carbocycles. The predicted octanol–water partition coefficient (Wildman–Crippen LogP) is 7.57. The van der Waals surface area contributed by atoms with Gasteiger partial charge in [-0.25, -0.2) is 4.98 Å². The maximum Gasteiger partial charge on any atom is 0.163 e. The molecule has 8 nitrogen and oxygen atoms in total. The van der Waals surface area contributed by atoms with Gasteiger partial charge in [-0.05, 0) is 97.2 Å². The normalized spacial score (nSPS) is 26.6. The highest BCUT2D eigenvalue weighted by molar-refractivity contribution is 8.76. The van der Waals surface area contributed by atoms with Crippen LogP contribution in [-0.4, -0.2) is 51.6 Å². The number of ether oxygens (including phenoxy) is 1. The van der Waals surface area contributed by atoms with Gasteiger partial charge in [0.05, 0.1) is 31.0 Å². The molecule has 3 heterocycles. The number of carbonyl (C=O) groups excluding carboxylic acids is 2. The molecule has 0 amide bonds. The molecule has 47 heavy (non-hydrogen) atoms. The molecule has 0 saturated heterocycles. The fourth-order valence-corrected chi connectivity index (χ4v) is 11.9. The Morgan fingerprint density at radius 3 is 2.70 bits per heavy atom. The number of Topliss-reactive ketones (excluding diaryl/α,β-unsaturated/α-hetero) is 1. The SMILES string of the molecule is CCC1CCC(=O)CC(=O)C=Cc2cc(OC)c(O)cc2Cc2cnc(N)c(c2)C(C2(N3C=CNC3)CCC3(CCCC3)C2)SSC1. The number of anilines is 1. The number of ketones is 2. The Morgan fingerprint density at radius 2 is 1.96 bits per heavy atom. The highest BCUT2D eigenvalue weighted by atomic mass is 33.1. The third-order valence-corrected chi connectivity index (χ3v) is 14.0. The van der Waals surface area contributed by atoms with Crippen LogP contribution in [0.3, 0.4) is 0 Å². The second-order valence-corrected chi connectivity index (χ2v) is 16.5. The third kappa shape index (κ3) is 7.33. The van der Waals surface area contributed by atoms with Crippen molar-refractivity contribution in [3.8, 4) is 11.5 Å². The first-order chi connectivity index (χ1) is 22.7. The number of aromatic nitrogens is 1. The minimum absolute atomic E-state index is 0.0211. The standard InChI is InChI=1S/C37H48N4O4S2/c1-3-25-6-8-29(42)20-30(43)9-7-27-19-33(45-2)32(44)18-28(27)16-26-17-31(35(38)40-21-26)34(47-46-22-25)37(41-15-14-39-24-41)13-12-36(23-37)10-4-5-11-36/h7,9,14-15,17-19,21,25,34,39,44H,3-6,8,10-13,16,20,22-24H2,1-2H3,(H2,38,40). The number of nitrogen functional groups attached to an aromatic ring is 1. The van der Waals surface area contributed by atoms with E-state index in [4.69, 9.17) is 15.5 Å². The van der Waals surface area contributed by atoms with Gasteiger partial charge in [0.1, 0.15) is 11.6 Å². The average Bonchev–Trinajstić information content (AvgIpc) is 3.84. The van der Waals surface area contributed by atoms with Gasteiger partial charge in [0.15, 0.2) is 17.3 Å². The van der Waals surface area contributed by atoms with Gasteiger partial charge in [0, 0.05) is 36.3 Å². The topological polar surface area (TPSA) is 118 Å². The van der Waals surface area contributed by atoms with Gasteiger partial charge in [-0.2, -0.15) is 0 Å². The summed E-state index contributed by atoms with van der Waals surface area (Å²) >= 11 is 0. The van der Waals surface area contributed by atoms with Crippen molar-refractivity contribution in [2.45, 2.75) is 94.8 Å². The number of phenolic OH excluding ortho intramolecular Hbond substituents is 1. The predicted molar refractivity (Wildman–Crippen MR) is 192 cm³/mol. The summed E-state index contributed by atoms with van der Waals surface area (Å²) in [6.45, 7) is 2.97. The highest BCUT2D eigenvalue weighted by Gasteiger charge is 2.56. The molecule has 4 N–H and O–H groups in total. The van der Waals surface area contributed by atoms with Crippen molar-refractivity contribution in [1.82, 2.24) is 15.2 Å². The molecule has 2 aliphatic carbocycles. The number of nitrogens with one attached hydrogen (secondary N) is 1. The van der Waals surface area contributed by atoms with E-state index in [1.54, 1.807) is 18.2 Å². The first-order valence-corrected chi connectivity index (χ1v) is 19.4. The van der Waals surface area contributed by atoms with E-state index < -0.39 is 0 Å². The summed E-state index contributed by atoms with van der Waals surface area (Å²) in [5.74, 6) is 1.98. The number of hydrogen-bond acceptors (Lipinski definition) is 10. The van der Waals surface area contributed by atoms with Crippen molar-refractivity contribution in [3.63, 3.8) is 0 Å². The van der Waals surface area contributed by atoms with Crippen LogP contribution in [0.1, 0.15) is 105 Å². The van der Waals surface area contributed by atoms with Gasteiger partial charge in [-0.15, -0.1) is 0 Å². The van der Waals surface area contributed by atoms with Gasteiger partial charge in [0.25, 0.3) is 0 Å². The van der Waals surface area contributed by atoms with Crippen LogP contribution >= 0.6 is 21.6 Å². The second kappa shape index (κ2) is 14.6. The number of allylic oxidation sites excluding steroid dienone is 1. The maximum atomic E-state index is 12.9. The number of carbonyl (C=O) groups is 2. The number of pyridine rings is 1. The Labute approximate surface area is 286 Å². The Bertz CT molecular complexity index is 1540. The molecule has 2 aromatic rings. The number of benzene rings is 1. The van der Waals surface area contributed by atoms with Gasteiger partial charge in [0.2, 0.25) is 0 Å². The summed E-state index contributed by atoms with van der Waals surface area (Å²) in [4.78, 5) is 33.0. The zero-order valence-corrected chi connectivity index (χ0v) is 29.3. The van der Waals surface area contributed by atoms with E-state index in [-0.39, 0.29) is 34.5 Å². The molecule has 1 aromatic heterocycles. The van der Waals surface area contributed by atoms with E-state index in [0.29, 0.717) is 35.7 Å². The van der Waals surface area contributed by atoms with Crippen LogP contribution in [-0.2, 0) is 16.0 Å². The average molecular weight is 677 g/mol.